The monoisotopic (exact) mass is 227 g/mol. The van der Waals surface area contributed by atoms with E-state index in [-0.39, 0.29) is 0 Å². The van der Waals surface area contributed by atoms with E-state index < -0.39 is 0 Å². The number of aliphatic hydroxyl groups excluding tert-OH is 1. The molecule has 2 saturated heterocycles. The minimum Gasteiger partial charge on any atom is -0.396 e. The van der Waals surface area contributed by atoms with Gasteiger partial charge in [0.2, 0.25) is 0 Å². The molecule has 0 bridgehead atoms. The summed E-state index contributed by atoms with van der Waals surface area (Å²) in [5, 5.41) is 8.90. The molecule has 0 aromatic carbocycles. The van der Waals surface area contributed by atoms with Crippen LogP contribution in [-0.2, 0) is 4.74 Å². The van der Waals surface area contributed by atoms with Gasteiger partial charge in [-0.2, -0.15) is 0 Å². The van der Waals surface area contributed by atoms with E-state index in [0.29, 0.717) is 6.61 Å². The Hall–Kier alpha value is -0.120. The topological polar surface area (TPSA) is 32.7 Å². The molecule has 0 aliphatic carbocycles. The van der Waals surface area contributed by atoms with Crippen LogP contribution in [0.5, 0.6) is 0 Å². The van der Waals surface area contributed by atoms with Gasteiger partial charge in [0, 0.05) is 25.8 Å². The van der Waals surface area contributed by atoms with E-state index in [1.165, 1.54) is 45.2 Å². The molecule has 0 radical (unpaired) electrons. The van der Waals surface area contributed by atoms with Gasteiger partial charge in [-0.25, -0.2) is 0 Å². The number of hydrogen-bond acceptors (Lipinski definition) is 3. The van der Waals surface area contributed by atoms with Gasteiger partial charge in [0.1, 0.15) is 0 Å². The van der Waals surface area contributed by atoms with Crippen LogP contribution in [0.2, 0.25) is 0 Å². The molecule has 0 aromatic rings. The molecule has 3 nitrogen and oxygen atoms in total. The first kappa shape index (κ1) is 12.3. The molecule has 2 aliphatic rings. The summed E-state index contributed by atoms with van der Waals surface area (Å²) in [5.74, 6) is 0.753. The lowest BCUT2D eigenvalue weighted by atomic mass is 10.0. The summed E-state index contributed by atoms with van der Waals surface area (Å²) >= 11 is 0. The first-order chi connectivity index (χ1) is 7.90. The molecule has 0 spiro atoms. The van der Waals surface area contributed by atoms with E-state index in [9.17, 15) is 0 Å². The molecule has 0 aromatic heterocycles. The number of nitrogens with zero attached hydrogens (tertiary/aromatic N) is 1. The highest BCUT2D eigenvalue weighted by molar-refractivity contribution is 4.81. The lowest BCUT2D eigenvalue weighted by molar-refractivity contribution is 0.0356. The van der Waals surface area contributed by atoms with Crippen molar-refractivity contribution in [1.29, 1.82) is 0 Å². The molecule has 2 heterocycles. The van der Waals surface area contributed by atoms with E-state index in [1.807, 2.05) is 0 Å². The van der Waals surface area contributed by atoms with Crippen molar-refractivity contribution in [2.45, 2.75) is 44.6 Å². The highest BCUT2D eigenvalue weighted by atomic mass is 16.5. The summed E-state index contributed by atoms with van der Waals surface area (Å²) in [6, 6.07) is 0.731. The molecule has 94 valence electrons. The zero-order chi connectivity index (χ0) is 11.2. The second-order valence-corrected chi connectivity index (χ2v) is 5.24. The molecule has 0 amide bonds. The summed E-state index contributed by atoms with van der Waals surface area (Å²) in [4.78, 5) is 2.63. The first-order valence-corrected chi connectivity index (χ1v) is 6.83. The minimum absolute atomic E-state index is 0.344. The molecule has 2 rings (SSSR count). The van der Waals surface area contributed by atoms with Crippen LogP contribution in [0.3, 0.4) is 0 Å². The van der Waals surface area contributed by atoms with E-state index in [4.69, 9.17) is 9.84 Å². The summed E-state index contributed by atoms with van der Waals surface area (Å²) < 4.78 is 5.54. The largest absolute Gasteiger partial charge is 0.396 e. The molecule has 2 fully saturated rings. The average Bonchev–Trinajstić information content (AvgIpc) is 2.75. The van der Waals surface area contributed by atoms with Gasteiger partial charge >= 0.3 is 0 Å². The van der Waals surface area contributed by atoms with Gasteiger partial charge in [0.15, 0.2) is 0 Å². The van der Waals surface area contributed by atoms with Gasteiger partial charge in [-0.05, 0) is 51.0 Å². The average molecular weight is 227 g/mol. The van der Waals surface area contributed by atoms with Gasteiger partial charge in [-0.1, -0.05) is 0 Å². The SMILES string of the molecule is OCCC[C@H]1CCCN1C[C@H]1CCCOC1. The standard InChI is InChI=1S/C13H25NO2/c15-8-2-6-13-5-1-7-14(13)10-12-4-3-9-16-11-12/h12-13,15H,1-11H2/t12-,13-/m1/s1. The van der Waals surface area contributed by atoms with Crippen LogP contribution in [0.4, 0.5) is 0 Å². The highest BCUT2D eigenvalue weighted by Gasteiger charge is 2.26. The van der Waals surface area contributed by atoms with E-state index in [0.717, 1.165) is 31.6 Å². The second kappa shape index (κ2) is 6.58. The lowest BCUT2D eigenvalue weighted by Gasteiger charge is -2.30. The zero-order valence-electron chi connectivity index (χ0n) is 10.2. The normalized spacial score (nSPS) is 32.1. The van der Waals surface area contributed by atoms with Crippen LogP contribution in [0.15, 0.2) is 0 Å². The van der Waals surface area contributed by atoms with Crippen LogP contribution in [0, 0.1) is 5.92 Å². The molecule has 3 heteroatoms. The van der Waals surface area contributed by atoms with Crippen LogP contribution in [0.1, 0.15) is 38.5 Å². The summed E-state index contributed by atoms with van der Waals surface area (Å²) in [6.45, 7) is 4.74. The van der Waals surface area contributed by atoms with Crippen molar-refractivity contribution < 1.29 is 9.84 Å². The molecule has 0 unspecified atom stereocenters. The van der Waals surface area contributed by atoms with Crippen molar-refractivity contribution in [1.82, 2.24) is 4.90 Å². The van der Waals surface area contributed by atoms with E-state index in [2.05, 4.69) is 4.90 Å². The third-order valence-corrected chi connectivity index (χ3v) is 3.94. The Labute approximate surface area is 98.8 Å². The van der Waals surface area contributed by atoms with Gasteiger partial charge < -0.3 is 14.7 Å². The van der Waals surface area contributed by atoms with Gasteiger partial charge in [0.05, 0.1) is 6.61 Å². The van der Waals surface area contributed by atoms with Crippen LogP contribution in [-0.4, -0.2) is 49.0 Å². The maximum absolute atomic E-state index is 8.90. The van der Waals surface area contributed by atoms with Gasteiger partial charge in [0.25, 0.3) is 0 Å². The van der Waals surface area contributed by atoms with Crippen molar-refractivity contribution in [3.63, 3.8) is 0 Å². The fourth-order valence-electron chi connectivity index (χ4n) is 3.07. The molecular formula is C13H25NO2. The Morgan fingerprint density at radius 1 is 1.25 bits per heavy atom. The number of likely N-dealkylation sites (tertiary alicyclic amines) is 1. The fraction of sp³-hybridized carbons (Fsp3) is 1.00. The summed E-state index contributed by atoms with van der Waals surface area (Å²) in [6.07, 6.45) is 7.37. The number of aliphatic hydroxyl groups is 1. The molecule has 1 N–H and O–H groups in total. The van der Waals surface area contributed by atoms with Crippen LogP contribution in [0.25, 0.3) is 0 Å². The van der Waals surface area contributed by atoms with Crippen molar-refractivity contribution in [2.75, 3.05) is 32.9 Å². The quantitative estimate of drug-likeness (QED) is 0.775. The number of rotatable bonds is 5. The van der Waals surface area contributed by atoms with E-state index >= 15 is 0 Å². The predicted molar refractivity (Wildman–Crippen MR) is 64.5 cm³/mol. The van der Waals surface area contributed by atoms with Gasteiger partial charge in [-0.15, -0.1) is 0 Å². The smallest absolute Gasteiger partial charge is 0.0506 e. The summed E-state index contributed by atoms with van der Waals surface area (Å²) in [7, 11) is 0. The zero-order valence-corrected chi connectivity index (χ0v) is 10.2. The Kier molecular flexibility index (Phi) is 5.07. The van der Waals surface area contributed by atoms with Crippen LogP contribution < -0.4 is 0 Å². The fourth-order valence-corrected chi connectivity index (χ4v) is 3.07. The van der Waals surface area contributed by atoms with Crippen molar-refractivity contribution in [3.8, 4) is 0 Å². The molecule has 2 aliphatic heterocycles. The third kappa shape index (κ3) is 3.44. The highest BCUT2D eigenvalue weighted by Crippen LogP contribution is 2.24. The summed E-state index contributed by atoms with van der Waals surface area (Å²) in [5.41, 5.74) is 0. The Morgan fingerprint density at radius 3 is 2.94 bits per heavy atom. The lowest BCUT2D eigenvalue weighted by Crippen LogP contribution is -2.36. The molecule has 0 saturated carbocycles. The number of hydrogen-bond donors (Lipinski definition) is 1. The van der Waals surface area contributed by atoms with Crippen molar-refractivity contribution in [3.05, 3.63) is 0 Å². The van der Waals surface area contributed by atoms with Crippen molar-refractivity contribution in [2.24, 2.45) is 5.92 Å². The van der Waals surface area contributed by atoms with Crippen LogP contribution >= 0.6 is 0 Å². The Balaban J connectivity index is 1.73. The molecule has 2 atom stereocenters. The number of ether oxygens (including phenoxy) is 1. The minimum atomic E-state index is 0.344. The predicted octanol–water partition coefficient (Wildman–Crippen LogP) is 1.65. The van der Waals surface area contributed by atoms with E-state index in [1.54, 1.807) is 0 Å². The first-order valence-electron chi connectivity index (χ1n) is 6.83. The maximum Gasteiger partial charge on any atom is 0.0506 e. The molecule has 16 heavy (non-hydrogen) atoms. The molecular weight excluding hydrogens is 202 g/mol. The second-order valence-electron chi connectivity index (χ2n) is 5.24. The Morgan fingerprint density at radius 2 is 2.19 bits per heavy atom. The van der Waals surface area contributed by atoms with Crippen molar-refractivity contribution >= 4 is 0 Å². The maximum atomic E-state index is 8.90. The third-order valence-electron chi connectivity index (χ3n) is 3.94. The van der Waals surface area contributed by atoms with Gasteiger partial charge in [-0.3, -0.25) is 0 Å². The Bertz CT molecular complexity index is 192.